The van der Waals surface area contributed by atoms with Gasteiger partial charge in [-0.2, -0.15) is 0 Å². The van der Waals surface area contributed by atoms with Crippen LogP contribution in [0.25, 0.3) is 22.6 Å². The molecule has 3 N–H and O–H groups in total. The third-order valence-electron chi connectivity index (χ3n) is 5.00. The minimum atomic E-state index is 0.0165. The first-order valence-corrected chi connectivity index (χ1v) is 8.33. The number of nitrogen functional groups attached to an aromatic ring is 1. The summed E-state index contributed by atoms with van der Waals surface area (Å²) in [5, 5.41) is 7.17. The molecule has 0 saturated heterocycles. The maximum atomic E-state index is 6.24. The Kier molecular flexibility index (Phi) is 2.71. The molecule has 0 radical (unpaired) electrons. The smallest absolute Gasteiger partial charge is 0.157 e. The molecule has 3 aromatic rings. The van der Waals surface area contributed by atoms with Crippen molar-refractivity contribution >= 4 is 34.1 Å². The zero-order valence-corrected chi connectivity index (χ0v) is 13.5. The van der Waals surface area contributed by atoms with Crippen LogP contribution >= 0.6 is 0 Å². The van der Waals surface area contributed by atoms with E-state index in [1.165, 1.54) is 27.3 Å². The van der Waals surface area contributed by atoms with E-state index in [0.717, 1.165) is 29.6 Å². The maximum absolute atomic E-state index is 6.24. The molecule has 0 spiro atoms. The number of rotatable bonds is 1. The highest BCUT2D eigenvalue weighted by Gasteiger charge is 2.28. The van der Waals surface area contributed by atoms with Gasteiger partial charge in [0.25, 0.3) is 0 Å². The van der Waals surface area contributed by atoms with Gasteiger partial charge in [0.15, 0.2) is 5.82 Å². The van der Waals surface area contributed by atoms with Crippen LogP contribution in [0.2, 0.25) is 0 Å². The van der Waals surface area contributed by atoms with Crippen molar-refractivity contribution in [2.75, 3.05) is 11.1 Å². The molecule has 1 unspecified atom stereocenters. The van der Waals surface area contributed by atoms with Crippen molar-refractivity contribution in [1.29, 1.82) is 0 Å². The second-order valence-corrected chi connectivity index (χ2v) is 6.60. The summed E-state index contributed by atoms with van der Waals surface area (Å²) >= 11 is 0. The zero-order chi connectivity index (χ0) is 16.3. The van der Waals surface area contributed by atoms with Gasteiger partial charge in [-0.1, -0.05) is 29.8 Å². The van der Waals surface area contributed by atoms with Gasteiger partial charge in [-0.25, -0.2) is 9.97 Å². The molecule has 0 fully saturated rings. The van der Waals surface area contributed by atoms with E-state index in [4.69, 9.17) is 10.7 Å². The van der Waals surface area contributed by atoms with Crippen LogP contribution in [0.15, 0.2) is 36.4 Å². The first-order valence-electron chi connectivity index (χ1n) is 8.33. The molecule has 1 aromatic heterocycles. The summed E-state index contributed by atoms with van der Waals surface area (Å²) in [4.78, 5) is 9.44. The van der Waals surface area contributed by atoms with E-state index in [-0.39, 0.29) is 6.04 Å². The highest BCUT2D eigenvalue weighted by atomic mass is 15.0. The van der Waals surface area contributed by atoms with Gasteiger partial charge in [0, 0.05) is 16.3 Å². The Balaban J connectivity index is 1.72. The fourth-order valence-electron chi connectivity index (χ4n) is 3.89. The van der Waals surface area contributed by atoms with Crippen molar-refractivity contribution in [3.63, 3.8) is 0 Å². The van der Waals surface area contributed by atoms with Crippen LogP contribution < -0.4 is 21.5 Å². The second kappa shape index (κ2) is 4.81. The summed E-state index contributed by atoms with van der Waals surface area (Å²) in [6, 6.07) is 12.6. The van der Waals surface area contributed by atoms with Gasteiger partial charge in [-0.05, 0) is 48.8 Å². The first-order chi connectivity index (χ1) is 11.7. The summed E-state index contributed by atoms with van der Waals surface area (Å²) in [6.07, 6.45) is 4.41. The lowest BCUT2D eigenvalue weighted by Crippen LogP contribution is -2.28. The Morgan fingerprint density at radius 3 is 3.00 bits per heavy atom. The Morgan fingerprint density at radius 1 is 1.17 bits per heavy atom. The SMILES string of the molecule is Cc1ccc2nc(C3Nc4cccc5c4=C3CCC=5)nc(N)c2c1. The molecule has 4 nitrogen and oxygen atoms in total. The van der Waals surface area contributed by atoms with Gasteiger partial charge in [0.2, 0.25) is 0 Å². The number of hydrogen-bond acceptors (Lipinski definition) is 4. The number of nitrogens with zero attached hydrogens (tertiary/aromatic N) is 2. The molecule has 0 amide bonds. The standard InChI is InChI=1S/C20H18N4/c1-11-8-9-15-14(10-11)19(21)24-20(23-15)18-13-6-2-4-12-5-3-7-16(22-18)17(12)13/h3-5,7-10,18,22H,2,6H2,1H3,(H2,21,23,24). The fraction of sp³-hybridized carbons (Fsp3) is 0.200. The van der Waals surface area contributed by atoms with Gasteiger partial charge >= 0.3 is 0 Å². The number of benzene rings is 2. The Bertz CT molecular complexity index is 1110. The number of hydrogen-bond donors (Lipinski definition) is 2. The van der Waals surface area contributed by atoms with Crippen molar-refractivity contribution in [2.24, 2.45) is 0 Å². The van der Waals surface area contributed by atoms with Crippen LogP contribution in [-0.2, 0) is 0 Å². The zero-order valence-electron chi connectivity index (χ0n) is 13.5. The minimum absolute atomic E-state index is 0.0165. The second-order valence-electron chi connectivity index (χ2n) is 6.60. The number of aryl methyl sites for hydroxylation is 1. The van der Waals surface area contributed by atoms with E-state index in [2.05, 4.69) is 47.6 Å². The van der Waals surface area contributed by atoms with Crippen molar-refractivity contribution in [3.8, 4) is 0 Å². The summed E-state index contributed by atoms with van der Waals surface area (Å²) in [5.74, 6) is 1.32. The molecular weight excluding hydrogens is 296 g/mol. The minimum Gasteiger partial charge on any atom is -0.383 e. The van der Waals surface area contributed by atoms with Crippen LogP contribution in [0.1, 0.15) is 30.3 Å². The predicted octanol–water partition coefficient (Wildman–Crippen LogP) is 2.41. The molecule has 1 aliphatic carbocycles. The monoisotopic (exact) mass is 314 g/mol. The predicted molar refractivity (Wildman–Crippen MR) is 97.9 cm³/mol. The van der Waals surface area contributed by atoms with Gasteiger partial charge in [0.1, 0.15) is 11.9 Å². The summed E-state index contributed by atoms with van der Waals surface area (Å²) < 4.78 is 0. The molecule has 4 heteroatoms. The quantitative estimate of drug-likeness (QED) is 0.724. The molecule has 2 aliphatic rings. The fourth-order valence-corrected chi connectivity index (χ4v) is 3.89. The summed E-state index contributed by atoms with van der Waals surface area (Å²) in [7, 11) is 0. The molecule has 2 heterocycles. The number of fused-ring (bicyclic) bond motifs is 1. The van der Waals surface area contributed by atoms with Crippen molar-refractivity contribution < 1.29 is 0 Å². The van der Waals surface area contributed by atoms with Crippen LogP contribution in [0.4, 0.5) is 11.5 Å². The average Bonchev–Trinajstić information content (AvgIpc) is 2.97. The van der Waals surface area contributed by atoms with Crippen molar-refractivity contribution in [1.82, 2.24) is 9.97 Å². The van der Waals surface area contributed by atoms with Crippen LogP contribution in [0, 0.1) is 6.92 Å². The molecule has 5 rings (SSSR count). The van der Waals surface area contributed by atoms with Gasteiger partial charge in [0.05, 0.1) is 5.52 Å². The molecule has 2 aromatic carbocycles. The maximum Gasteiger partial charge on any atom is 0.157 e. The third kappa shape index (κ3) is 1.86. The molecule has 0 bridgehead atoms. The number of nitrogens with one attached hydrogen (secondary N) is 1. The molecule has 1 atom stereocenters. The summed E-state index contributed by atoms with van der Waals surface area (Å²) in [5.41, 5.74) is 10.9. The van der Waals surface area contributed by atoms with Crippen molar-refractivity contribution in [3.05, 3.63) is 58.2 Å². The van der Waals surface area contributed by atoms with E-state index >= 15 is 0 Å². The lowest BCUT2D eigenvalue weighted by Gasteiger charge is -2.17. The topological polar surface area (TPSA) is 63.8 Å². The highest BCUT2D eigenvalue weighted by molar-refractivity contribution is 5.89. The molecule has 1 aliphatic heterocycles. The number of anilines is 2. The third-order valence-corrected chi connectivity index (χ3v) is 5.00. The van der Waals surface area contributed by atoms with E-state index in [1.807, 2.05) is 12.1 Å². The van der Waals surface area contributed by atoms with Crippen LogP contribution in [-0.4, -0.2) is 9.97 Å². The van der Waals surface area contributed by atoms with Gasteiger partial charge < -0.3 is 11.1 Å². The van der Waals surface area contributed by atoms with E-state index < -0.39 is 0 Å². The largest absolute Gasteiger partial charge is 0.383 e. The van der Waals surface area contributed by atoms with Crippen LogP contribution in [0.5, 0.6) is 0 Å². The Morgan fingerprint density at radius 2 is 2.08 bits per heavy atom. The van der Waals surface area contributed by atoms with Gasteiger partial charge in [-0.15, -0.1) is 0 Å². The van der Waals surface area contributed by atoms with E-state index in [9.17, 15) is 0 Å². The highest BCUT2D eigenvalue weighted by Crippen LogP contribution is 2.34. The van der Waals surface area contributed by atoms with Gasteiger partial charge in [-0.3, -0.25) is 0 Å². The van der Waals surface area contributed by atoms with E-state index in [0.29, 0.717) is 5.82 Å². The lowest BCUT2D eigenvalue weighted by atomic mass is 9.96. The Labute approximate surface area is 139 Å². The van der Waals surface area contributed by atoms with Crippen LogP contribution in [0.3, 0.4) is 0 Å². The normalized spacial score (nSPS) is 18.2. The summed E-state index contributed by atoms with van der Waals surface area (Å²) in [6.45, 7) is 2.05. The number of aromatic nitrogens is 2. The van der Waals surface area contributed by atoms with E-state index in [1.54, 1.807) is 0 Å². The average molecular weight is 314 g/mol. The lowest BCUT2D eigenvalue weighted by molar-refractivity contribution is 0.862. The molecule has 24 heavy (non-hydrogen) atoms. The first kappa shape index (κ1) is 13.5. The number of nitrogens with two attached hydrogens (primary N) is 1. The molecule has 118 valence electrons. The molecular formula is C20H18N4. The Hall–Kier alpha value is -2.88. The molecule has 0 saturated carbocycles. The van der Waals surface area contributed by atoms with Crippen molar-refractivity contribution in [2.45, 2.75) is 25.8 Å².